The monoisotopic (exact) mass is 203 g/mol. The number of ether oxygens (including phenoxy) is 2. The van der Waals surface area contributed by atoms with Crippen molar-refractivity contribution in [2.75, 3.05) is 6.79 Å². The van der Waals surface area contributed by atoms with Gasteiger partial charge in [0.05, 0.1) is 6.20 Å². The largest absolute Gasteiger partial charge is 0.454 e. The van der Waals surface area contributed by atoms with Gasteiger partial charge in [-0.15, -0.1) is 0 Å². The summed E-state index contributed by atoms with van der Waals surface area (Å²) >= 11 is 0. The van der Waals surface area contributed by atoms with Gasteiger partial charge >= 0.3 is 0 Å². The highest BCUT2D eigenvalue weighted by Crippen LogP contribution is 2.38. The summed E-state index contributed by atoms with van der Waals surface area (Å²) < 4.78 is 15.8. The van der Waals surface area contributed by atoms with Crippen molar-refractivity contribution in [2.45, 2.75) is 6.92 Å². The van der Waals surface area contributed by atoms with Crippen molar-refractivity contribution in [3.8, 4) is 22.8 Å². The van der Waals surface area contributed by atoms with Crippen LogP contribution in [-0.4, -0.2) is 11.8 Å². The number of rotatable bonds is 1. The molecule has 0 amide bonds. The second-order valence-electron chi connectivity index (χ2n) is 3.39. The number of hydrogen-bond acceptors (Lipinski definition) is 4. The molecule has 0 aliphatic carbocycles. The molecule has 0 saturated carbocycles. The number of nitrogens with zero attached hydrogens (tertiary/aromatic N) is 1. The molecule has 0 radical (unpaired) electrons. The fourth-order valence-corrected chi connectivity index (χ4v) is 1.66. The number of fused-ring (bicyclic) bond motifs is 1. The minimum Gasteiger partial charge on any atom is -0.454 e. The highest BCUT2D eigenvalue weighted by atomic mass is 16.7. The molecule has 1 aliphatic rings. The maximum atomic E-state index is 5.31. The van der Waals surface area contributed by atoms with Crippen molar-refractivity contribution in [3.63, 3.8) is 0 Å². The van der Waals surface area contributed by atoms with Crippen molar-refractivity contribution in [2.24, 2.45) is 0 Å². The molecule has 15 heavy (non-hydrogen) atoms. The highest BCUT2D eigenvalue weighted by molar-refractivity contribution is 5.66. The zero-order valence-corrected chi connectivity index (χ0v) is 8.19. The van der Waals surface area contributed by atoms with E-state index in [-0.39, 0.29) is 6.79 Å². The van der Waals surface area contributed by atoms with E-state index in [1.807, 2.05) is 19.1 Å². The lowest BCUT2D eigenvalue weighted by Crippen LogP contribution is -1.92. The van der Waals surface area contributed by atoms with Gasteiger partial charge in [-0.05, 0) is 24.6 Å². The first kappa shape index (κ1) is 8.35. The summed E-state index contributed by atoms with van der Waals surface area (Å²) in [5.74, 6) is 2.29. The van der Waals surface area contributed by atoms with Gasteiger partial charge in [-0.2, -0.15) is 0 Å². The number of hydrogen-bond donors (Lipinski definition) is 0. The molecule has 0 N–H and O–H groups in total. The fraction of sp³-hybridized carbons (Fsp3) is 0.182. The number of aromatic nitrogens is 1. The summed E-state index contributed by atoms with van der Waals surface area (Å²) in [5, 5.41) is 0. The van der Waals surface area contributed by atoms with Crippen LogP contribution in [0.1, 0.15) is 5.56 Å². The molecule has 0 bridgehead atoms. The molecule has 1 aromatic carbocycles. The molecule has 4 nitrogen and oxygen atoms in total. The van der Waals surface area contributed by atoms with Gasteiger partial charge in [0.15, 0.2) is 23.7 Å². The Morgan fingerprint density at radius 2 is 2.00 bits per heavy atom. The van der Waals surface area contributed by atoms with E-state index in [1.54, 1.807) is 6.20 Å². The van der Waals surface area contributed by atoms with E-state index in [1.165, 1.54) is 6.39 Å². The normalized spacial score (nSPS) is 13.1. The third-order valence-corrected chi connectivity index (χ3v) is 2.42. The predicted octanol–water partition coefficient (Wildman–Crippen LogP) is 2.38. The zero-order valence-electron chi connectivity index (χ0n) is 8.19. The van der Waals surface area contributed by atoms with E-state index in [2.05, 4.69) is 4.98 Å². The molecule has 0 atom stereocenters. The van der Waals surface area contributed by atoms with Crippen LogP contribution in [0.4, 0.5) is 0 Å². The second-order valence-corrected chi connectivity index (χ2v) is 3.39. The highest BCUT2D eigenvalue weighted by Gasteiger charge is 2.17. The molecule has 0 spiro atoms. The Morgan fingerprint density at radius 1 is 1.20 bits per heavy atom. The van der Waals surface area contributed by atoms with Crippen LogP contribution in [0.15, 0.2) is 29.1 Å². The van der Waals surface area contributed by atoms with E-state index in [0.29, 0.717) is 0 Å². The van der Waals surface area contributed by atoms with Crippen LogP contribution in [0.5, 0.6) is 11.5 Å². The third kappa shape index (κ3) is 1.26. The molecular formula is C11H9NO3. The van der Waals surface area contributed by atoms with Crippen molar-refractivity contribution >= 4 is 0 Å². The third-order valence-electron chi connectivity index (χ3n) is 2.42. The Labute approximate surface area is 86.5 Å². The minimum atomic E-state index is 0.286. The quantitative estimate of drug-likeness (QED) is 0.713. The van der Waals surface area contributed by atoms with Crippen molar-refractivity contribution in [1.82, 2.24) is 4.98 Å². The summed E-state index contributed by atoms with van der Waals surface area (Å²) in [6, 6.07) is 3.86. The molecule has 1 aromatic heterocycles. The standard InChI is InChI=1S/C11H9NO3/c1-7-2-9-10(15-6-14-9)3-8(7)11-4-12-5-13-11/h2-5H,6H2,1H3. The molecule has 2 heterocycles. The number of benzene rings is 1. The van der Waals surface area contributed by atoms with E-state index in [0.717, 1.165) is 28.4 Å². The lowest BCUT2D eigenvalue weighted by molar-refractivity contribution is 0.174. The first-order chi connectivity index (χ1) is 7.34. The Balaban J connectivity index is 2.17. The van der Waals surface area contributed by atoms with Gasteiger partial charge in [-0.25, -0.2) is 4.98 Å². The van der Waals surface area contributed by atoms with Gasteiger partial charge in [-0.3, -0.25) is 0 Å². The molecule has 3 rings (SSSR count). The summed E-state index contributed by atoms with van der Waals surface area (Å²) in [4.78, 5) is 3.89. The molecule has 4 heteroatoms. The van der Waals surface area contributed by atoms with Crippen LogP contribution in [0.25, 0.3) is 11.3 Å². The number of aryl methyl sites for hydroxylation is 1. The SMILES string of the molecule is Cc1cc2c(cc1-c1cnco1)OCO2. The van der Waals surface area contributed by atoms with Gasteiger partial charge in [0.2, 0.25) is 6.79 Å². The minimum absolute atomic E-state index is 0.286. The van der Waals surface area contributed by atoms with Crippen LogP contribution in [-0.2, 0) is 0 Å². The first-order valence-electron chi connectivity index (χ1n) is 4.64. The van der Waals surface area contributed by atoms with Crippen LogP contribution >= 0.6 is 0 Å². The van der Waals surface area contributed by atoms with Gasteiger partial charge in [-0.1, -0.05) is 0 Å². The van der Waals surface area contributed by atoms with Crippen molar-refractivity contribution in [1.29, 1.82) is 0 Å². The average molecular weight is 203 g/mol. The lowest BCUT2D eigenvalue weighted by Gasteiger charge is -2.03. The Kier molecular flexibility index (Phi) is 1.68. The first-order valence-corrected chi connectivity index (χ1v) is 4.64. The molecule has 1 aliphatic heterocycles. The van der Waals surface area contributed by atoms with Gasteiger partial charge < -0.3 is 13.9 Å². The maximum absolute atomic E-state index is 5.31. The van der Waals surface area contributed by atoms with Gasteiger partial charge in [0.1, 0.15) is 0 Å². The molecule has 0 unspecified atom stereocenters. The van der Waals surface area contributed by atoms with Crippen LogP contribution < -0.4 is 9.47 Å². The summed E-state index contributed by atoms with van der Waals surface area (Å²) in [6.07, 6.45) is 3.10. The van der Waals surface area contributed by atoms with Crippen LogP contribution in [0.2, 0.25) is 0 Å². The van der Waals surface area contributed by atoms with E-state index < -0.39 is 0 Å². The predicted molar refractivity (Wildman–Crippen MR) is 52.8 cm³/mol. The maximum Gasteiger partial charge on any atom is 0.231 e. The summed E-state index contributed by atoms with van der Waals surface area (Å²) in [6.45, 7) is 2.29. The van der Waals surface area contributed by atoms with Gasteiger partial charge in [0, 0.05) is 5.56 Å². The lowest BCUT2D eigenvalue weighted by atomic mass is 10.1. The van der Waals surface area contributed by atoms with E-state index in [9.17, 15) is 0 Å². The Morgan fingerprint density at radius 3 is 2.73 bits per heavy atom. The van der Waals surface area contributed by atoms with Gasteiger partial charge in [0.25, 0.3) is 0 Å². The molecular weight excluding hydrogens is 194 g/mol. The molecule has 0 saturated heterocycles. The van der Waals surface area contributed by atoms with E-state index >= 15 is 0 Å². The zero-order chi connectivity index (χ0) is 10.3. The van der Waals surface area contributed by atoms with Crippen LogP contribution in [0, 0.1) is 6.92 Å². The number of oxazole rings is 1. The van der Waals surface area contributed by atoms with Crippen molar-refractivity contribution < 1.29 is 13.9 Å². The topological polar surface area (TPSA) is 44.5 Å². The second kappa shape index (κ2) is 3.02. The Hall–Kier alpha value is -1.97. The van der Waals surface area contributed by atoms with Crippen LogP contribution in [0.3, 0.4) is 0 Å². The van der Waals surface area contributed by atoms with Crippen molar-refractivity contribution in [3.05, 3.63) is 30.3 Å². The fourth-order valence-electron chi connectivity index (χ4n) is 1.66. The summed E-state index contributed by atoms with van der Waals surface area (Å²) in [7, 11) is 0. The van der Waals surface area contributed by atoms with E-state index in [4.69, 9.17) is 13.9 Å². The molecule has 76 valence electrons. The molecule has 0 fully saturated rings. The summed E-state index contributed by atoms with van der Waals surface area (Å²) in [5.41, 5.74) is 2.06. The smallest absolute Gasteiger partial charge is 0.231 e. The molecule has 2 aromatic rings. The Bertz CT molecular complexity index is 491. The average Bonchev–Trinajstić information content (AvgIpc) is 2.85.